The van der Waals surface area contributed by atoms with Gasteiger partial charge in [-0.15, -0.1) is 0 Å². The molecule has 0 aliphatic rings. The summed E-state index contributed by atoms with van der Waals surface area (Å²) < 4.78 is 7.94. The number of ether oxygens (including phenoxy) is 1. The maximum atomic E-state index is 12.2. The molecule has 0 radical (unpaired) electrons. The lowest BCUT2D eigenvalue weighted by Gasteiger charge is -2.07. The van der Waals surface area contributed by atoms with Crippen molar-refractivity contribution in [3.05, 3.63) is 52.8 Å². The molecule has 0 aliphatic heterocycles. The maximum absolute atomic E-state index is 12.2. The summed E-state index contributed by atoms with van der Waals surface area (Å²) in [6, 6.07) is 6.47. The first-order valence-corrected chi connectivity index (χ1v) is 8.43. The number of aryl methyl sites for hydroxylation is 2. The first-order valence-electron chi connectivity index (χ1n) is 8.43. The van der Waals surface area contributed by atoms with Crippen LogP contribution in [0.2, 0.25) is 0 Å². The smallest absolute Gasteiger partial charge is 0.338 e. The first-order chi connectivity index (χ1) is 13.0. The fraction of sp³-hybridized carbons (Fsp3) is 0.278. The van der Waals surface area contributed by atoms with Gasteiger partial charge in [-0.05, 0) is 31.2 Å². The molecule has 3 rings (SSSR count). The van der Waals surface area contributed by atoms with E-state index in [1.165, 1.54) is 17.2 Å². The Morgan fingerprint density at radius 3 is 2.59 bits per heavy atom. The minimum atomic E-state index is -0.402. The molecule has 0 bridgehead atoms. The van der Waals surface area contributed by atoms with Gasteiger partial charge in [0, 0.05) is 25.7 Å². The Kier molecular flexibility index (Phi) is 5.30. The summed E-state index contributed by atoms with van der Waals surface area (Å²) in [4.78, 5) is 44.0. The molecule has 9 nitrogen and oxygen atoms in total. The molecular formula is C18H19N5O4. The van der Waals surface area contributed by atoms with E-state index in [0.717, 1.165) is 0 Å². The monoisotopic (exact) mass is 369 g/mol. The van der Waals surface area contributed by atoms with Crippen molar-refractivity contribution >= 4 is 28.7 Å². The fourth-order valence-electron chi connectivity index (χ4n) is 2.54. The molecule has 1 aromatic carbocycles. The number of nitrogens with one attached hydrogen (secondary N) is 1. The molecule has 0 atom stereocenters. The Balaban J connectivity index is 1.61. The second-order valence-electron chi connectivity index (χ2n) is 5.87. The van der Waals surface area contributed by atoms with Crippen LogP contribution in [0.25, 0.3) is 11.2 Å². The Bertz CT molecular complexity index is 1040. The molecule has 0 aliphatic carbocycles. The standard InChI is InChI=1S/C18H19N5O4/c1-3-27-18(26)12-4-6-13(7-5-12)21-14(24)8-9-23-11-19-15-16(23)20-10-22(2)17(15)25/h4-7,10-11H,3,8-9H2,1-2H3,(H,21,24). The number of anilines is 1. The highest BCUT2D eigenvalue weighted by molar-refractivity contribution is 5.93. The summed E-state index contributed by atoms with van der Waals surface area (Å²) in [7, 11) is 1.61. The Hall–Kier alpha value is -3.49. The van der Waals surface area contributed by atoms with Gasteiger partial charge in [0.15, 0.2) is 11.2 Å². The predicted octanol–water partition coefficient (Wildman–Crippen LogP) is 1.34. The Morgan fingerprint density at radius 2 is 1.89 bits per heavy atom. The van der Waals surface area contributed by atoms with Crippen molar-refractivity contribution in [3.63, 3.8) is 0 Å². The molecule has 1 N–H and O–H groups in total. The van der Waals surface area contributed by atoms with Gasteiger partial charge >= 0.3 is 5.97 Å². The van der Waals surface area contributed by atoms with Gasteiger partial charge in [0.1, 0.15) is 0 Å². The van der Waals surface area contributed by atoms with Gasteiger partial charge in [0.25, 0.3) is 5.56 Å². The SMILES string of the molecule is CCOC(=O)c1ccc(NC(=O)CCn2cnc3c(=O)n(C)cnc32)cc1. The summed E-state index contributed by atoms with van der Waals surface area (Å²) in [6.07, 6.45) is 3.11. The van der Waals surface area contributed by atoms with Gasteiger partial charge in [-0.2, -0.15) is 0 Å². The normalized spacial score (nSPS) is 10.7. The van der Waals surface area contributed by atoms with Crippen LogP contribution in [0.3, 0.4) is 0 Å². The van der Waals surface area contributed by atoms with E-state index < -0.39 is 5.97 Å². The topological polar surface area (TPSA) is 108 Å². The van der Waals surface area contributed by atoms with Crippen LogP contribution in [-0.4, -0.2) is 37.6 Å². The average Bonchev–Trinajstić information content (AvgIpc) is 3.07. The molecule has 0 saturated carbocycles. The number of carbonyl (C=O) groups excluding carboxylic acids is 2. The largest absolute Gasteiger partial charge is 0.462 e. The zero-order valence-corrected chi connectivity index (χ0v) is 15.0. The summed E-state index contributed by atoms with van der Waals surface area (Å²) >= 11 is 0. The van der Waals surface area contributed by atoms with E-state index in [4.69, 9.17) is 4.74 Å². The third kappa shape index (κ3) is 4.02. The lowest BCUT2D eigenvalue weighted by atomic mass is 10.2. The van der Waals surface area contributed by atoms with Crippen molar-refractivity contribution < 1.29 is 14.3 Å². The number of hydrogen-bond acceptors (Lipinski definition) is 6. The van der Waals surface area contributed by atoms with Gasteiger partial charge in [-0.25, -0.2) is 14.8 Å². The van der Waals surface area contributed by atoms with E-state index >= 15 is 0 Å². The van der Waals surface area contributed by atoms with Gasteiger partial charge in [0.05, 0.1) is 24.8 Å². The van der Waals surface area contributed by atoms with Crippen molar-refractivity contribution in [2.45, 2.75) is 19.9 Å². The zero-order valence-electron chi connectivity index (χ0n) is 15.0. The molecule has 9 heteroatoms. The Labute approximate surface area is 154 Å². The number of fused-ring (bicyclic) bond motifs is 1. The number of rotatable bonds is 6. The van der Waals surface area contributed by atoms with Crippen LogP contribution in [0.15, 0.2) is 41.7 Å². The number of benzene rings is 1. The van der Waals surface area contributed by atoms with Crippen LogP contribution in [0, 0.1) is 0 Å². The quantitative estimate of drug-likeness (QED) is 0.657. The number of nitrogens with zero attached hydrogens (tertiary/aromatic N) is 4. The van der Waals surface area contributed by atoms with Gasteiger partial charge in [-0.1, -0.05) is 0 Å². The van der Waals surface area contributed by atoms with E-state index in [1.54, 1.807) is 42.8 Å². The number of aromatic nitrogens is 4. The minimum absolute atomic E-state index is 0.183. The van der Waals surface area contributed by atoms with Crippen molar-refractivity contribution in [2.24, 2.45) is 7.05 Å². The van der Waals surface area contributed by atoms with Crippen molar-refractivity contribution in [2.75, 3.05) is 11.9 Å². The van der Waals surface area contributed by atoms with Crippen LogP contribution in [0.5, 0.6) is 0 Å². The lowest BCUT2D eigenvalue weighted by molar-refractivity contribution is -0.116. The highest BCUT2D eigenvalue weighted by Gasteiger charge is 2.11. The minimum Gasteiger partial charge on any atom is -0.462 e. The van der Waals surface area contributed by atoms with E-state index in [-0.39, 0.29) is 23.4 Å². The third-order valence-corrected chi connectivity index (χ3v) is 3.95. The van der Waals surface area contributed by atoms with Crippen molar-refractivity contribution in [1.29, 1.82) is 0 Å². The Morgan fingerprint density at radius 1 is 1.15 bits per heavy atom. The molecule has 2 aromatic heterocycles. The predicted molar refractivity (Wildman–Crippen MR) is 98.4 cm³/mol. The molecule has 0 spiro atoms. The molecule has 27 heavy (non-hydrogen) atoms. The van der Waals surface area contributed by atoms with Crippen LogP contribution in [0.1, 0.15) is 23.7 Å². The second-order valence-corrected chi connectivity index (χ2v) is 5.87. The van der Waals surface area contributed by atoms with E-state index in [2.05, 4.69) is 15.3 Å². The number of amides is 1. The van der Waals surface area contributed by atoms with Crippen LogP contribution >= 0.6 is 0 Å². The molecule has 3 aromatic rings. The number of carbonyl (C=O) groups is 2. The molecular weight excluding hydrogens is 350 g/mol. The van der Waals surface area contributed by atoms with E-state index in [1.807, 2.05) is 0 Å². The highest BCUT2D eigenvalue weighted by Crippen LogP contribution is 2.12. The average molecular weight is 369 g/mol. The summed E-state index contributed by atoms with van der Waals surface area (Å²) in [5, 5.41) is 2.76. The molecule has 140 valence electrons. The lowest BCUT2D eigenvalue weighted by Crippen LogP contribution is -2.18. The zero-order chi connectivity index (χ0) is 19.4. The van der Waals surface area contributed by atoms with Gasteiger partial charge in [0.2, 0.25) is 5.91 Å². The summed E-state index contributed by atoms with van der Waals surface area (Å²) in [6.45, 7) is 2.38. The van der Waals surface area contributed by atoms with Crippen LogP contribution < -0.4 is 10.9 Å². The van der Waals surface area contributed by atoms with Crippen LogP contribution in [0.4, 0.5) is 5.69 Å². The molecule has 0 fully saturated rings. The second kappa shape index (κ2) is 7.81. The number of hydrogen-bond donors (Lipinski definition) is 1. The maximum Gasteiger partial charge on any atom is 0.338 e. The third-order valence-electron chi connectivity index (χ3n) is 3.95. The molecule has 0 saturated heterocycles. The van der Waals surface area contributed by atoms with Crippen molar-refractivity contribution in [1.82, 2.24) is 19.1 Å². The summed E-state index contributed by atoms with van der Waals surface area (Å²) in [5.74, 6) is -0.606. The number of imidazole rings is 1. The molecule has 1 amide bonds. The highest BCUT2D eigenvalue weighted by atomic mass is 16.5. The fourth-order valence-corrected chi connectivity index (χ4v) is 2.54. The summed E-state index contributed by atoms with van der Waals surface area (Å²) in [5.41, 5.74) is 1.49. The van der Waals surface area contributed by atoms with Gasteiger partial charge in [-0.3, -0.25) is 9.59 Å². The first kappa shape index (κ1) is 18.3. The van der Waals surface area contributed by atoms with Crippen molar-refractivity contribution in [3.8, 4) is 0 Å². The van der Waals surface area contributed by atoms with Crippen LogP contribution in [-0.2, 0) is 23.1 Å². The molecule has 0 unspecified atom stereocenters. The number of esters is 1. The van der Waals surface area contributed by atoms with E-state index in [0.29, 0.717) is 30.0 Å². The van der Waals surface area contributed by atoms with Gasteiger partial charge < -0.3 is 19.2 Å². The molecule has 2 heterocycles. The van der Waals surface area contributed by atoms with E-state index in [9.17, 15) is 14.4 Å².